The lowest BCUT2D eigenvalue weighted by Crippen LogP contribution is -2.56. The fraction of sp³-hybridized carbons (Fsp3) is 1.00. The van der Waals surface area contributed by atoms with Gasteiger partial charge >= 0.3 is 0 Å². The number of fused-ring (bicyclic) bond motifs is 3. The van der Waals surface area contributed by atoms with Crippen LogP contribution in [-0.4, -0.2) is 18.8 Å². The van der Waals surface area contributed by atoms with Gasteiger partial charge in [0.2, 0.25) is 0 Å². The Balaban J connectivity index is 1.32. The molecule has 4 heteroatoms. The van der Waals surface area contributed by atoms with E-state index in [9.17, 15) is 0 Å². The van der Waals surface area contributed by atoms with Gasteiger partial charge in [0, 0.05) is 16.4 Å². The number of hydrogen-bond donors (Lipinski definition) is 0. The van der Waals surface area contributed by atoms with E-state index in [0.29, 0.717) is 22.9 Å². The first kappa shape index (κ1) is 22.1. The van der Waals surface area contributed by atoms with E-state index < -0.39 is 0 Å². The summed E-state index contributed by atoms with van der Waals surface area (Å²) in [6, 6.07) is 0.209. The van der Waals surface area contributed by atoms with Crippen molar-refractivity contribution in [2.45, 2.75) is 110 Å². The van der Waals surface area contributed by atoms with Gasteiger partial charge in [-0.2, -0.15) is 0 Å². The van der Waals surface area contributed by atoms with Crippen molar-refractivity contribution in [1.82, 2.24) is 0 Å². The SMILES string of the molecule is CC(C)CCC[C@@H](C)[C@H]1CC[C@H]2[C@@H]3C[C@H]4OC[C@@]5(CC[C@@H](N=[N+]=[N-])C[C@H]45)[C@H]3CC[C@]12C. The number of azide groups is 1. The van der Waals surface area contributed by atoms with Crippen molar-refractivity contribution in [2.24, 2.45) is 57.4 Å². The number of ether oxygens (including phenoxy) is 1. The monoisotopic (exact) mass is 427 g/mol. The number of hydrogen-bond acceptors (Lipinski definition) is 2. The van der Waals surface area contributed by atoms with Crippen LogP contribution >= 0.6 is 0 Å². The average molecular weight is 428 g/mol. The average Bonchev–Trinajstić information content (AvgIpc) is 3.22. The zero-order chi connectivity index (χ0) is 21.8. The summed E-state index contributed by atoms with van der Waals surface area (Å²) in [6.07, 6.45) is 15.1. The van der Waals surface area contributed by atoms with Gasteiger partial charge in [-0.1, -0.05) is 52.1 Å². The van der Waals surface area contributed by atoms with Crippen molar-refractivity contribution in [2.75, 3.05) is 6.61 Å². The standard InChI is InChI=1S/C27H45N3O/c1-17(2)6-5-7-18(3)21-8-9-22-20-15-25-24-14-19(29-30-28)10-13-27(24,16-31-25)23(20)11-12-26(21,22)4/h17-25H,5-16H2,1-4H3/t18-,19-,20+,21-,22+,23+,24-,25-,26-,27+/m1/s1. The molecule has 31 heavy (non-hydrogen) atoms. The third-order valence-electron chi connectivity index (χ3n) is 11.3. The Hall–Kier alpha value is -0.730. The first-order valence-corrected chi connectivity index (χ1v) is 13.5. The second kappa shape index (κ2) is 8.24. The summed E-state index contributed by atoms with van der Waals surface area (Å²) in [6.45, 7) is 11.0. The summed E-state index contributed by atoms with van der Waals surface area (Å²) < 4.78 is 6.53. The fourth-order valence-electron chi connectivity index (χ4n) is 9.95. The Bertz CT molecular complexity index is 717. The molecule has 0 aromatic carbocycles. The highest BCUT2D eigenvalue weighted by Gasteiger charge is 2.66. The molecule has 0 amide bonds. The highest BCUT2D eigenvalue weighted by atomic mass is 16.5. The Morgan fingerprint density at radius 1 is 1.00 bits per heavy atom. The molecule has 2 bridgehead atoms. The molecular formula is C27H45N3O. The molecule has 5 fully saturated rings. The largest absolute Gasteiger partial charge is 0.377 e. The van der Waals surface area contributed by atoms with Crippen LogP contribution < -0.4 is 0 Å². The van der Waals surface area contributed by atoms with Crippen molar-refractivity contribution >= 4 is 0 Å². The van der Waals surface area contributed by atoms with Gasteiger partial charge in [-0.25, -0.2) is 0 Å². The maximum atomic E-state index is 8.96. The van der Waals surface area contributed by atoms with Gasteiger partial charge in [-0.15, -0.1) is 0 Å². The lowest BCUT2D eigenvalue weighted by Gasteiger charge is -2.60. The van der Waals surface area contributed by atoms with Gasteiger partial charge in [-0.3, -0.25) is 0 Å². The predicted octanol–water partition coefficient (Wildman–Crippen LogP) is 7.78. The van der Waals surface area contributed by atoms with Crippen LogP contribution in [0.25, 0.3) is 10.4 Å². The molecule has 0 radical (unpaired) electrons. The van der Waals surface area contributed by atoms with E-state index >= 15 is 0 Å². The van der Waals surface area contributed by atoms with Gasteiger partial charge in [0.25, 0.3) is 0 Å². The quantitative estimate of drug-likeness (QED) is 0.242. The molecule has 0 N–H and O–H groups in total. The molecule has 4 saturated carbocycles. The molecule has 4 aliphatic carbocycles. The predicted molar refractivity (Wildman–Crippen MR) is 125 cm³/mol. The molecule has 0 aromatic rings. The van der Waals surface area contributed by atoms with Crippen LogP contribution in [0.5, 0.6) is 0 Å². The molecule has 0 unspecified atom stereocenters. The second-order valence-corrected chi connectivity index (χ2v) is 13.0. The fourth-order valence-corrected chi connectivity index (χ4v) is 9.95. The molecular weight excluding hydrogens is 382 g/mol. The third-order valence-corrected chi connectivity index (χ3v) is 11.3. The van der Waals surface area contributed by atoms with E-state index in [1.165, 1.54) is 57.8 Å². The maximum absolute atomic E-state index is 8.96. The van der Waals surface area contributed by atoms with Crippen LogP contribution in [-0.2, 0) is 4.74 Å². The zero-order valence-electron chi connectivity index (χ0n) is 20.4. The topological polar surface area (TPSA) is 58.0 Å². The van der Waals surface area contributed by atoms with E-state index in [0.717, 1.165) is 55.0 Å². The molecule has 4 nitrogen and oxygen atoms in total. The van der Waals surface area contributed by atoms with E-state index in [2.05, 4.69) is 37.7 Å². The molecule has 1 aliphatic heterocycles. The minimum atomic E-state index is 0.209. The minimum absolute atomic E-state index is 0.209. The molecule has 1 heterocycles. The highest BCUT2D eigenvalue weighted by molar-refractivity contribution is 5.15. The highest BCUT2D eigenvalue weighted by Crippen LogP contribution is 2.70. The van der Waals surface area contributed by atoms with Crippen molar-refractivity contribution < 1.29 is 4.74 Å². The van der Waals surface area contributed by atoms with Crippen molar-refractivity contribution in [3.8, 4) is 0 Å². The first-order valence-electron chi connectivity index (χ1n) is 13.5. The maximum Gasteiger partial charge on any atom is 0.0612 e. The van der Waals surface area contributed by atoms with Gasteiger partial charge in [0.15, 0.2) is 0 Å². The van der Waals surface area contributed by atoms with Crippen molar-refractivity contribution in [1.29, 1.82) is 0 Å². The lowest BCUT2D eigenvalue weighted by molar-refractivity contribution is -0.107. The summed E-state index contributed by atoms with van der Waals surface area (Å²) in [5.41, 5.74) is 9.92. The number of rotatable bonds is 6. The van der Waals surface area contributed by atoms with E-state index in [-0.39, 0.29) is 6.04 Å². The summed E-state index contributed by atoms with van der Waals surface area (Å²) in [5, 5.41) is 4.13. The van der Waals surface area contributed by atoms with E-state index in [1.54, 1.807) is 0 Å². The lowest BCUT2D eigenvalue weighted by atomic mass is 9.44. The third kappa shape index (κ3) is 3.46. The summed E-state index contributed by atoms with van der Waals surface area (Å²) in [4.78, 5) is 3.14. The molecule has 1 saturated heterocycles. The van der Waals surface area contributed by atoms with Crippen LogP contribution in [0.3, 0.4) is 0 Å². The minimum Gasteiger partial charge on any atom is -0.377 e. The second-order valence-electron chi connectivity index (χ2n) is 13.0. The van der Waals surface area contributed by atoms with E-state index in [1.807, 2.05) is 0 Å². The first-order chi connectivity index (χ1) is 14.9. The molecule has 0 aromatic heterocycles. The van der Waals surface area contributed by atoms with Crippen LogP contribution in [0, 0.1) is 52.3 Å². The van der Waals surface area contributed by atoms with Crippen LogP contribution in [0.15, 0.2) is 5.11 Å². The Labute approximate surface area is 189 Å². The Kier molecular flexibility index (Phi) is 5.87. The van der Waals surface area contributed by atoms with Crippen LogP contribution in [0.4, 0.5) is 0 Å². The Morgan fingerprint density at radius 3 is 2.61 bits per heavy atom. The van der Waals surface area contributed by atoms with Gasteiger partial charge in [0.1, 0.15) is 0 Å². The Morgan fingerprint density at radius 2 is 1.84 bits per heavy atom. The summed E-state index contributed by atoms with van der Waals surface area (Å²) in [5.74, 6) is 5.96. The molecule has 0 spiro atoms. The normalized spacial score (nSPS) is 49.1. The smallest absolute Gasteiger partial charge is 0.0612 e. The molecule has 10 atom stereocenters. The zero-order valence-corrected chi connectivity index (χ0v) is 20.4. The summed E-state index contributed by atoms with van der Waals surface area (Å²) >= 11 is 0. The van der Waals surface area contributed by atoms with Crippen molar-refractivity contribution in [3.63, 3.8) is 0 Å². The number of nitrogens with zero attached hydrogens (tertiary/aromatic N) is 3. The van der Waals surface area contributed by atoms with Crippen molar-refractivity contribution in [3.05, 3.63) is 10.4 Å². The van der Waals surface area contributed by atoms with Crippen LogP contribution in [0.1, 0.15) is 98.3 Å². The van der Waals surface area contributed by atoms with E-state index in [4.69, 9.17) is 10.3 Å². The molecule has 5 rings (SSSR count). The molecule has 5 aliphatic rings. The molecule has 174 valence electrons. The van der Waals surface area contributed by atoms with Crippen LogP contribution in [0.2, 0.25) is 0 Å². The van der Waals surface area contributed by atoms with Gasteiger partial charge in [0.05, 0.1) is 12.7 Å². The summed E-state index contributed by atoms with van der Waals surface area (Å²) in [7, 11) is 0. The van der Waals surface area contributed by atoms with Gasteiger partial charge in [-0.05, 0) is 104 Å². The van der Waals surface area contributed by atoms with Gasteiger partial charge < -0.3 is 4.74 Å².